The van der Waals surface area contributed by atoms with Gasteiger partial charge in [0.1, 0.15) is 0 Å². The van der Waals surface area contributed by atoms with Gasteiger partial charge in [-0.2, -0.15) is 0 Å². The molecule has 0 amide bonds. The fourth-order valence-corrected chi connectivity index (χ4v) is 1.41. The maximum Gasteiger partial charge on any atom is 0.0855 e. The smallest absolute Gasteiger partial charge is 0.0855 e. The Morgan fingerprint density at radius 2 is 1.93 bits per heavy atom. The molecule has 0 fully saturated rings. The molecule has 1 aromatic heterocycles. The van der Waals surface area contributed by atoms with Crippen LogP contribution in [0.4, 0.5) is 0 Å². The zero-order valence-corrected chi connectivity index (χ0v) is 8.36. The lowest BCUT2D eigenvalue weighted by Crippen LogP contribution is -2.15. The number of para-hydroxylation sites is 1. The Hall–Kier alpha value is -1.41. The summed E-state index contributed by atoms with van der Waals surface area (Å²) >= 11 is 0. The fraction of sp³-hybridized carbons (Fsp3) is 0.250. The lowest BCUT2D eigenvalue weighted by molar-refractivity contribution is 0.0784. The molecule has 1 aromatic carbocycles. The van der Waals surface area contributed by atoms with E-state index in [1.807, 2.05) is 30.3 Å². The minimum absolute atomic E-state index is 0.822. The van der Waals surface area contributed by atoms with Crippen molar-refractivity contribution in [1.29, 1.82) is 0 Å². The average molecular weight is 187 g/mol. The predicted octanol–water partition coefficient (Wildman–Crippen LogP) is 2.46. The van der Waals surface area contributed by atoms with Crippen LogP contribution in [0.5, 0.6) is 0 Å². The van der Waals surface area contributed by atoms with Crippen molar-refractivity contribution in [2.75, 3.05) is 0 Å². The number of hydrogen-bond acceptors (Lipinski definition) is 2. The van der Waals surface area contributed by atoms with Gasteiger partial charge in [-0.3, -0.25) is 4.98 Å². The largest absolute Gasteiger partial charge is 0.386 e. The Kier molecular flexibility index (Phi) is 2.01. The highest BCUT2D eigenvalue weighted by Gasteiger charge is 2.16. The van der Waals surface area contributed by atoms with E-state index in [2.05, 4.69) is 4.98 Å². The molecule has 0 saturated heterocycles. The molecule has 2 rings (SSSR count). The van der Waals surface area contributed by atoms with Gasteiger partial charge in [-0.05, 0) is 26.0 Å². The number of pyridine rings is 1. The van der Waals surface area contributed by atoms with Crippen molar-refractivity contribution in [3.63, 3.8) is 0 Å². The fourth-order valence-electron chi connectivity index (χ4n) is 1.41. The van der Waals surface area contributed by atoms with E-state index in [9.17, 15) is 5.11 Å². The highest BCUT2D eigenvalue weighted by Crippen LogP contribution is 2.22. The highest BCUT2D eigenvalue weighted by molar-refractivity contribution is 5.78. The number of rotatable bonds is 1. The van der Waals surface area contributed by atoms with E-state index in [4.69, 9.17) is 0 Å². The van der Waals surface area contributed by atoms with Crippen molar-refractivity contribution >= 4 is 10.9 Å². The van der Waals surface area contributed by atoms with Gasteiger partial charge in [-0.15, -0.1) is 0 Å². The molecule has 0 aliphatic heterocycles. The summed E-state index contributed by atoms with van der Waals surface area (Å²) in [4.78, 5) is 4.29. The number of hydrogen-bond donors (Lipinski definition) is 1. The van der Waals surface area contributed by atoms with Gasteiger partial charge < -0.3 is 5.11 Å². The number of fused-ring (bicyclic) bond motifs is 1. The van der Waals surface area contributed by atoms with E-state index in [1.165, 1.54) is 0 Å². The molecular formula is C12H13NO. The van der Waals surface area contributed by atoms with Gasteiger partial charge in [0.2, 0.25) is 0 Å². The molecule has 72 valence electrons. The number of aliphatic hydroxyl groups is 1. The summed E-state index contributed by atoms with van der Waals surface area (Å²) in [5, 5.41) is 10.9. The zero-order chi connectivity index (χ0) is 10.2. The van der Waals surface area contributed by atoms with E-state index >= 15 is 0 Å². The normalized spacial score (nSPS) is 11.9. The Bertz CT molecular complexity index is 457. The second-order valence-electron chi connectivity index (χ2n) is 3.98. The third-order valence-electron chi connectivity index (χ3n) is 2.30. The van der Waals surface area contributed by atoms with Gasteiger partial charge in [-0.1, -0.05) is 18.2 Å². The standard InChI is InChI=1S/C12H13NO/c1-12(2,14)10-7-9-5-3-4-6-11(9)13-8-10/h3-8,14H,1-2H3. The van der Waals surface area contributed by atoms with Gasteiger partial charge in [-0.25, -0.2) is 0 Å². The first-order chi connectivity index (χ1) is 6.57. The van der Waals surface area contributed by atoms with Gasteiger partial charge in [0.15, 0.2) is 0 Å². The first-order valence-corrected chi connectivity index (χ1v) is 4.65. The van der Waals surface area contributed by atoms with E-state index < -0.39 is 5.60 Å². The average Bonchev–Trinajstić information content (AvgIpc) is 2.16. The molecule has 0 spiro atoms. The van der Waals surface area contributed by atoms with Crippen molar-refractivity contribution in [2.45, 2.75) is 19.4 Å². The van der Waals surface area contributed by atoms with Gasteiger partial charge in [0.05, 0.1) is 11.1 Å². The lowest BCUT2D eigenvalue weighted by Gasteiger charge is -2.17. The molecule has 0 saturated carbocycles. The van der Waals surface area contributed by atoms with Crippen molar-refractivity contribution in [3.8, 4) is 0 Å². The molecular weight excluding hydrogens is 174 g/mol. The Balaban J connectivity index is 2.63. The summed E-state index contributed by atoms with van der Waals surface area (Å²) in [6.45, 7) is 3.53. The first kappa shape index (κ1) is 9.16. The van der Waals surface area contributed by atoms with Gasteiger partial charge >= 0.3 is 0 Å². The van der Waals surface area contributed by atoms with Gasteiger partial charge in [0, 0.05) is 17.1 Å². The van der Waals surface area contributed by atoms with Crippen LogP contribution >= 0.6 is 0 Å². The number of aromatic nitrogens is 1. The number of nitrogens with zero attached hydrogens (tertiary/aromatic N) is 1. The van der Waals surface area contributed by atoms with Crippen LogP contribution in [0.25, 0.3) is 10.9 Å². The Labute approximate surface area is 83.2 Å². The Morgan fingerprint density at radius 1 is 1.21 bits per heavy atom. The molecule has 2 heteroatoms. The third kappa shape index (κ3) is 1.61. The summed E-state index contributed by atoms with van der Waals surface area (Å²) in [6.07, 6.45) is 1.72. The molecule has 0 atom stereocenters. The van der Waals surface area contributed by atoms with Crippen LogP contribution in [0.1, 0.15) is 19.4 Å². The molecule has 0 unspecified atom stereocenters. The molecule has 0 radical (unpaired) electrons. The van der Waals surface area contributed by atoms with Crippen LogP contribution in [0.3, 0.4) is 0 Å². The molecule has 1 heterocycles. The molecule has 0 aliphatic carbocycles. The second-order valence-corrected chi connectivity index (χ2v) is 3.98. The van der Waals surface area contributed by atoms with E-state index in [0.29, 0.717) is 0 Å². The minimum atomic E-state index is -0.822. The summed E-state index contributed by atoms with van der Waals surface area (Å²) < 4.78 is 0. The first-order valence-electron chi connectivity index (χ1n) is 4.65. The molecule has 2 nitrogen and oxygen atoms in total. The SMILES string of the molecule is CC(C)(O)c1cnc2ccccc2c1. The van der Waals surface area contributed by atoms with Crippen LogP contribution in [0.15, 0.2) is 36.5 Å². The zero-order valence-electron chi connectivity index (χ0n) is 8.36. The van der Waals surface area contributed by atoms with Crippen LogP contribution in [-0.4, -0.2) is 10.1 Å². The van der Waals surface area contributed by atoms with Crippen molar-refractivity contribution in [2.24, 2.45) is 0 Å². The molecule has 0 bridgehead atoms. The maximum absolute atomic E-state index is 9.81. The van der Waals surface area contributed by atoms with E-state index in [-0.39, 0.29) is 0 Å². The highest BCUT2D eigenvalue weighted by atomic mass is 16.3. The summed E-state index contributed by atoms with van der Waals surface area (Å²) in [5.74, 6) is 0. The number of benzene rings is 1. The molecule has 14 heavy (non-hydrogen) atoms. The second kappa shape index (κ2) is 3.07. The molecule has 0 aliphatic rings. The predicted molar refractivity (Wildman–Crippen MR) is 57.0 cm³/mol. The van der Waals surface area contributed by atoms with E-state index in [1.54, 1.807) is 20.0 Å². The van der Waals surface area contributed by atoms with Crippen molar-refractivity contribution in [3.05, 3.63) is 42.1 Å². The molecule has 1 N–H and O–H groups in total. The summed E-state index contributed by atoms with van der Waals surface area (Å²) in [5.41, 5.74) is 0.980. The van der Waals surface area contributed by atoms with Crippen LogP contribution in [0.2, 0.25) is 0 Å². The third-order valence-corrected chi connectivity index (χ3v) is 2.30. The van der Waals surface area contributed by atoms with Crippen LogP contribution in [0, 0.1) is 0 Å². The summed E-state index contributed by atoms with van der Waals surface area (Å²) in [6, 6.07) is 9.86. The Morgan fingerprint density at radius 3 is 2.64 bits per heavy atom. The van der Waals surface area contributed by atoms with Crippen LogP contribution in [-0.2, 0) is 5.60 Å². The van der Waals surface area contributed by atoms with Crippen molar-refractivity contribution in [1.82, 2.24) is 4.98 Å². The molecule has 2 aromatic rings. The quantitative estimate of drug-likeness (QED) is 0.744. The van der Waals surface area contributed by atoms with Gasteiger partial charge in [0.25, 0.3) is 0 Å². The monoisotopic (exact) mass is 187 g/mol. The minimum Gasteiger partial charge on any atom is -0.386 e. The maximum atomic E-state index is 9.81. The summed E-state index contributed by atoms with van der Waals surface area (Å²) in [7, 11) is 0. The van der Waals surface area contributed by atoms with E-state index in [0.717, 1.165) is 16.5 Å². The topological polar surface area (TPSA) is 33.1 Å². The van der Waals surface area contributed by atoms with Crippen molar-refractivity contribution < 1.29 is 5.11 Å². The van der Waals surface area contributed by atoms with Crippen LogP contribution < -0.4 is 0 Å². The lowest BCUT2D eigenvalue weighted by atomic mass is 9.99.